The lowest BCUT2D eigenvalue weighted by Gasteiger charge is -2.25. The van der Waals surface area contributed by atoms with Crippen molar-refractivity contribution in [2.24, 2.45) is 0 Å². The monoisotopic (exact) mass is 328 g/mol. The van der Waals surface area contributed by atoms with E-state index in [1.807, 2.05) is 18.3 Å². The molecule has 1 aliphatic rings. The Balaban J connectivity index is 1.47. The summed E-state index contributed by atoms with van der Waals surface area (Å²) in [5.74, 6) is 0. The number of likely N-dealkylation sites (tertiary alicyclic amines) is 1. The molecule has 0 saturated carbocycles. The van der Waals surface area contributed by atoms with Gasteiger partial charge in [0.05, 0.1) is 28.9 Å². The van der Waals surface area contributed by atoms with Crippen LogP contribution in [0.1, 0.15) is 23.9 Å². The van der Waals surface area contributed by atoms with Crippen molar-refractivity contribution in [1.29, 1.82) is 0 Å². The second-order valence-electron chi connectivity index (χ2n) is 6.05. The van der Waals surface area contributed by atoms with Crippen LogP contribution in [0.15, 0.2) is 42.7 Å². The second-order valence-corrected chi connectivity index (χ2v) is 7.12. The van der Waals surface area contributed by atoms with Crippen molar-refractivity contribution in [1.82, 2.24) is 19.7 Å². The van der Waals surface area contributed by atoms with Gasteiger partial charge in [-0.15, -0.1) is 11.3 Å². The summed E-state index contributed by atoms with van der Waals surface area (Å²) in [5.41, 5.74) is 1.08. The highest BCUT2D eigenvalue weighted by atomic mass is 32.1. The summed E-state index contributed by atoms with van der Waals surface area (Å²) in [7, 11) is 0. The van der Waals surface area contributed by atoms with Crippen molar-refractivity contribution < 1.29 is 5.11 Å². The van der Waals surface area contributed by atoms with Crippen molar-refractivity contribution in [3.8, 4) is 0 Å². The summed E-state index contributed by atoms with van der Waals surface area (Å²) >= 11 is 1.78. The van der Waals surface area contributed by atoms with Crippen molar-refractivity contribution >= 4 is 21.6 Å². The fourth-order valence-electron chi connectivity index (χ4n) is 3.31. The summed E-state index contributed by atoms with van der Waals surface area (Å²) in [4.78, 5) is 7.17. The quantitative estimate of drug-likeness (QED) is 0.782. The molecule has 0 bridgehead atoms. The fraction of sp³-hybridized carbons (Fsp3) is 0.412. The minimum atomic E-state index is -0.412. The van der Waals surface area contributed by atoms with Gasteiger partial charge in [0.2, 0.25) is 0 Å². The van der Waals surface area contributed by atoms with E-state index >= 15 is 0 Å². The van der Waals surface area contributed by atoms with Gasteiger partial charge in [-0.25, -0.2) is 4.98 Å². The topological polar surface area (TPSA) is 54.2 Å². The number of aliphatic hydroxyl groups excluding tert-OH is 1. The van der Waals surface area contributed by atoms with Gasteiger partial charge in [-0.3, -0.25) is 9.58 Å². The molecule has 1 aromatic carbocycles. The first kappa shape index (κ1) is 14.8. The van der Waals surface area contributed by atoms with Crippen LogP contribution in [0.3, 0.4) is 0 Å². The Kier molecular flexibility index (Phi) is 4.11. The molecule has 0 radical (unpaired) electrons. The van der Waals surface area contributed by atoms with Crippen LogP contribution in [0.4, 0.5) is 0 Å². The van der Waals surface area contributed by atoms with E-state index in [0.29, 0.717) is 19.1 Å². The lowest BCUT2D eigenvalue weighted by Crippen LogP contribution is -2.34. The average molecular weight is 328 g/mol. The molecule has 0 amide bonds. The normalized spacial score (nSPS) is 20.3. The van der Waals surface area contributed by atoms with Crippen LogP contribution in [0.25, 0.3) is 10.2 Å². The number of thiazole rings is 1. The van der Waals surface area contributed by atoms with Gasteiger partial charge in [-0.05, 0) is 37.6 Å². The van der Waals surface area contributed by atoms with Crippen LogP contribution in [0.2, 0.25) is 0 Å². The molecule has 23 heavy (non-hydrogen) atoms. The lowest BCUT2D eigenvalue weighted by molar-refractivity contribution is 0.0890. The molecule has 0 unspecified atom stereocenters. The van der Waals surface area contributed by atoms with Crippen molar-refractivity contribution in [2.45, 2.75) is 31.5 Å². The summed E-state index contributed by atoms with van der Waals surface area (Å²) in [5, 5.41) is 15.7. The minimum Gasteiger partial charge on any atom is -0.390 e. The zero-order valence-electron chi connectivity index (χ0n) is 12.9. The third-order valence-corrected chi connectivity index (χ3v) is 5.50. The Morgan fingerprint density at radius 1 is 1.26 bits per heavy atom. The van der Waals surface area contributed by atoms with Crippen molar-refractivity contribution in [2.75, 3.05) is 13.1 Å². The number of hydrogen-bond donors (Lipinski definition) is 1. The van der Waals surface area contributed by atoms with Crippen LogP contribution in [0, 0.1) is 0 Å². The molecule has 3 aromatic rings. The van der Waals surface area contributed by atoms with E-state index < -0.39 is 6.10 Å². The summed E-state index contributed by atoms with van der Waals surface area (Å²) in [6.07, 6.45) is 5.50. The molecular formula is C17H20N4OS. The van der Waals surface area contributed by atoms with Gasteiger partial charge in [0.25, 0.3) is 0 Å². The maximum Gasteiger partial charge on any atom is 0.111 e. The molecule has 120 valence electrons. The van der Waals surface area contributed by atoms with Crippen LogP contribution < -0.4 is 0 Å². The van der Waals surface area contributed by atoms with Gasteiger partial charge in [-0.1, -0.05) is 12.1 Å². The van der Waals surface area contributed by atoms with E-state index in [4.69, 9.17) is 4.98 Å². The Labute approximate surface area is 139 Å². The van der Waals surface area contributed by atoms with Gasteiger partial charge < -0.3 is 5.11 Å². The van der Waals surface area contributed by atoms with Gasteiger partial charge in [0.15, 0.2) is 0 Å². The Morgan fingerprint density at radius 2 is 2.17 bits per heavy atom. The average Bonchev–Trinajstić information content (AvgIpc) is 3.26. The standard InChI is InChI=1S/C17H20N4OS/c22-13(12-21-10-4-8-18-21)11-20-9-3-6-15(20)17-19-14-5-1-2-7-16(14)23-17/h1-2,4-5,7-8,10,13,15,22H,3,6,9,11-12H2/t13-,15-/m0/s1. The molecule has 6 heteroatoms. The molecule has 2 aromatic heterocycles. The molecule has 4 rings (SSSR count). The zero-order chi connectivity index (χ0) is 15.6. The number of rotatable bonds is 5. The molecule has 1 aliphatic heterocycles. The largest absolute Gasteiger partial charge is 0.390 e. The van der Waals surface area contributed by atoms with Crippen LogP contribution in [-0.4, -0.2) is 44.0 Å². The van der Waals surface area contributed by atoms with Crippen LogP contribution >= 0.6 is 11.3 Å². The highest BCUT2D eigenvalue weighted by Gasteiger charge is 2.30. The summed E-state index contributed by atoms with van der Waals surface area (Å²) in [6.45, 7) is 2.23. The van der Waals surface area contributed by atoms with E-state index in [1.54, 1.807) is 22.2 Å². The first-order valence-corrected chi connectivity index (χ1v) is 8.86. The third-order valence-electron chi connectivity index (χ3n) is 4.36. The SMILES string of the molecule is O[C@@H](CN1CCC[C@H]1c1nc2ccccc2s1)Cn1cccn1. The van der Waals surface area contributed by atoms with Crippen LogP contribution in [-0.2, 0) is 6.54 Å². The number of hydrogen-bond acceptors (Lipinski definition) is 5. The number of aliphatic hydroxyl groups is 1. The predicted octanol–water partition coefficient (Wildman–Crippen LogP) is 2.69. The molecule has 0 spiro atoms. The molecule has 1 saturated heterocycles. The highest BCUT2D eigenvalue weighted by Crippen LogP contribution is 2.36. The molecule has 0 aliphatic carbocycles. The highest BCUT2D eigenvalue weighted by molar-refractivity contribution is 7.18. The molecular weight excluding hydrogens is 308 g/mol. The third kappa shape index (κ3) is 3.15. The van der Waals surface area contributed by atoms with Gasteiger partial charge in [-0.2, -0.15) is 5.10 Å². The molecule has 1 N–H and O–H groups in total. The van der Waals surface area contributed by atoms with E-state index in [9.17, 15) is 5.11 Å². The van der Waals surface area contributed by atoms with E-state index in [1.165, 1.54) is 9.71 Å². The smallest absolute Gasteiger partial charge is 0.111 e. The predicted molar refractivity (Wildman–Crippen MR) is 91.4 cm³/mol. The molecule has 1 fully saturated rings. The van der Waals surface area contributed by atoms with Crippen LogP contribution in [0.5, 0.6) is 0 Å². The number of nitrogens with zero attached hydrogens (tertiary/aromatic N) is 4. The van der Waals surface area contributed by atoms with Gasteiger partial charge in [0.1, 0.15) is 5.01 Å². The first-order chi connectivity index (χ1) is 11.3. The Bertz CT molecular complexity index is 737. The zero-order valence-corrected chi connectivity index (χ0v) is 13.7. The Morgan fingerprint density at radius 3 is 3.00 bits per heavy atom. The number of β-amino-alcohol motifs (C(OH)–C–C–N with tert-alkyl or cyclic N) is 1. The van der Waals surface area contributed by atoms with Gasteiger partial charge in [0, 0.05) is 18.9 Å². The van der Waals surface area contributed by atoms with E-state index in [2.05, 4.69) is 28.2 Å². The molecule has 2 atom stereocenters. The van der Waals surface area contributed by atoms with E-state index in [-0.39, 0.29) is 0 Å². The Hall–Kier alpha value is -1.76. The van der Waals surface area contributed by atoms with Crippen molar-refractivity contribution in [3.63, 3.8) is 0 Å². The number of fused-ring (bicyclic) bond motifs is 1. The summed E-state index contributed by atoms with van der Waals surface area (Å²) in [6, 6.07) is 10.5. The number of aromatic nitrogens is 3. The minimum absolute atomic E-state index is 0.333. The first-order valence-electron chi connectivity index (χ1n) is 8.04. The summed E-state index contributed by atoms with van der Waals surface area (Å²) < 4.78 is 3.03. The maximum atomic E-state index is 10.4. The lowest BCUT2D eigenvalue weighted by atomic mass is 10.2. The van der Waals surface area contributed by atoms with Gasteiger partial charge >= 0.3 is 0 Å². The number of benzene rings is 1. The molecule has 5 nitrogen and oxygen atoms in total. The van der Waals surface area contributed by atoms with E-state index in [0.717, 1.165) is 24.9 Å². The second kappa shape index (κ2) is 6.39. The molecule has 3 heterocycles. The maximum absolute atomic E-state index is 10.4. The number of para-hydroxylation sites is 1. The van der Waals surface area contributed by atoms with Crippen molar-refractivity contribution in [3.05, 3.63) is 47.7 Å². The fourth-order valence-corrected chi connectivity index (χ4v) is 4.45.